The maximum atomic E-state index is 6.06. The average molecular weight is 420 g/mol. The highest BCUT2D eigenvalue weighted by Crippen LogP contribution is 2.42. The SMILES string of the molecule is CO[C@@H]1C[C@H]2CN(Cc3cccnc3N)C[C@H]2C[C@H]1n1cc(-c2ccc(C)cn2)nn1. The fourth-order valence-electron chi connectivity index (χ4n) is 5.15. The number of anilines is 1. The molecule has 3 aromatic rings. The van der Waals surface area contributed by atoms with Crippen LogP contribution in [0.1, 0.15) is 30.0 Å². The highest BCUT2D eigenvalue weighted by atomic mass is 16.5. The largest absolute Gasteiger partial charge is 0.383 e. The van der Waals surface area contributed by atoms with Crippen molar-refractivity contribution in [2.75, 3.05) is 25.9 Å². The Labute approximate surface area is 182 Å². The molecule has 8 nitrogen and oxygen atoms in total. The molecule has 0 radical (unpaired) electrons. The Hall–Kier alpha value is -2.84. The zero-order valence-electron chi connectivity index (χ0n) is 18.1. The first-order valence-electron chi connectivity index (χ1n) is 10.9. The molecule has 2 fully saturated rings. The molecule has 1 aliphatic carbocycles. The number of nitrogens with zero attached hydrogens (tertiary/aromatic N) is 6. The summed E-state index contributed by atoms with van der Waals surface area (Å²) in [6.45, 7) is 5.01. The van der Waals surface area contributed by atoms with Crippen LogP contribution in [0.15, 0.2) is 42.9 Å². The maximum absolute atomic E-state index is 6.06. The Morgan fingerprint density at radius 3 is 2.68 bits per heavy atom. The molecule has 8 heteroatoms. The Balaban J connectivity index is 1.30. The van der Waals surface area contributed by atoms with Gasteiger partial charge in [0, 0.05) is 44.7 Å². The minimum absolute atomic E-state index is 0.130. The van der Waals surface area contributed by atoms with E-state index in [1.54, 1.807) is 13.3 Å². The van der Waals surface area contributed by atoms with Gasteiger partial charge in [-0.3, -0.25) is 9.88 Å². The first-order valence-corrected chi connectivity index (χ1v) is 10.9. The van der Waals surface area contributed by atoms with Crippen LogP contribution in [0.5, 0.6) is 0 Å². The molecule has 0 spiro atoms. The van der Waals surface area contributed by atoms with Gasteiger partial charge in [0.2, 0.25) is 0 Å². The molecule has 0 unspecified atom stereocenters. The summed E-state index contributed by atoms with van der Waals surface area (Å²) >= 11 is 0. The number of hydrogen-bond donors (Lipinski definition) is 1. The number of pyridine rings is 2. The number of rotatable bonds is 5. The van der Waals surface area contributed by atoms with Crippen LogP contribution in [0.25, 0.3) is 11.4 Å². The molecule has 162 valence electrons. The van der Waals surface area contributed by atoms with Crippen LogP contribution < -0.4 is 5.73 Å². The predicted molar refractivity (Wildman–Crippen MR) is 118 cm³/mol. The second-order valence-electron chi connectivity index (χ2n) is 8.88. The topological polar surface area (TPSA) is 95.0 Å². The lowest BCUT2D eigenvalue weighted by Gasteiger charge is -2.37. The highest BCUT2D eigenvalue weighted by molar-refractivity contribution is 5.52. The van der Waals surface area contributed by atoms with Gasteiger partial charge in [0.05, 0.1) is 24.0 Å². The minimum Gasteiger partial charge on any atom is -0.383 e. The van der Waals surface area contributed by atoms with E-state index < -0.39 is 0 Å². The summed E-state index contributed by atoms with van der Waals surface area (Å²) in [6.07, 6.45) is 7.81. The number of nitrogens with two attached hydrogens (primary N) is 1. The quantitative estimate of drug-likeness (QED) is 0.679. The van der Waals surface area contributed by atoms with Crippen LogP contribution in [0.2, 0.25) is 0 Å². The molecule has 0 aromatic carbocycles. The molecule has 2 N–H and O–H groups in total. The normalized spacial score (nSPS) is 26.1. The third-order valence-electron chi connectivity index (χ3n) is 6.81. The molecular formula is C23H29N7O. The van der Waals surface area contributed by atoms with Crippen LogP contribution in [-0.4, -0.2) is 56.2 Å². The summed E-state index contributed by atoms with van der Waals surface area (Å²) < 4.78 is 7.91. The molecule has 4 atom stereocenters. The smallest absolute Gasteiger partial charge is 0.131 e. The van der Waals surface area contributed by atoms with Crippen molar-refractivity contribution in [1.29, 1.82) is 0 Å². The third kappa shape index (κ3) is 4.05. The van der Waals surface area contributed by atoms with E-state index in [-0.39, 0.29) is 12.1 Å². The van der Waals surface area contributed by atoms with E-state index in [0.29, 0.717) is 17.7 Å². The molecule has 2 aliphatic rings. The van der Waals surface area contributed by atoms with Gasteiger partial charge in [-0.2, -0.15) is 0 Å². The Kier molecular flexibility index (Phi) is 5.41. The van der Waals surface area contributed by atoms with Crippen molar-refractivity contribution in [3.63, 3.8) is 0 Å². The molecule has 1 aliphatic heterocycles. The zero-order valence-corrected chi connectivity index (χ0v) is 18.1. The molecule has 3 aromatic heterocycles. The fraction of sp³-hybridized carbons (Fsp3) is 0.478. The van der Waals surface area contributed by atoms with E-state index in [1.807, 2.05) is 42.2 Å². The zero-order chi connectivity index (χ0) is 21.4. The Morgan fingerprint density at radius 2 is 1.94 bits per heavy atom. The minimum atomic E-state index is 0.130. The molecular weight excluding hydrogens is 390 g/mol. The maximum Gasteiger partial charge on any atom is 0.131 e. The van der Waals surface area contributed by atoms with Gasteiger partial charge in [-0.1, -0.05) is 17.3 Å². The number of aromatic nitrogens is 5. The fourth-order valence-corrected chi connectivity index (χ4v) is 5.15. The van der Waals surface area contributed by atoms with E-state index in [2.05, 4.69) is 31.2 Å². The Morgan fingerprint density at radius 1 is 1.10 bits per heavy atom. The number of methoxy groups -OCH3 is 1. The van der Waals surface area contributed by atoms with Gasteiger partial charge in [0.1, 0.15) is 11.5 Å². The van der Waals surface area contributed by atoms with Crippen molar-refractivity contribution in [1.82, 2.24) is 29.9 Å². The molecule has 1 saturated heterocycles. The summed E-state index contributed by atoms with van der Waals surface area (Å²) in [5.41, 5.74) is 9.95. The average Bonchev–Trinajstić information content (AvgIpc) is 3.41. The number of aryl methyl sites for hydroxylation is 1. The first kappa shape index (κ1) is 20.1. The van der Waals surface area contributed by atoms with E-state index in [4.69, 9.17) is 10.5 Å². The van der Waals surface area contributed by atoms with Crippen molar-refractivity contribution in [3.8, 4) is 11.4 Å². The predicted octanol–water partition coefficient (Wildman–Crippen LogP) is 2.72. The monoisotopic (exact) mass is 419 g/mol. The van der Waals surface area contributed by atoms with Crippen molar-refractivity contribution in [2.24, 2.45) is 11.8 Å². The summed E-state index contributed by atoms with van der Waals surface area (Å²) in [6, 6.07) is 8.25. The van der Waals surface area contributed by atoms with Crippen molar-refractivity contribution in [2.45, 2.75) is 38.5 Å². The van der Waals surface area contributed by atoms with Gasteiger partial charge in [-0.05, 0) is 49.3 Å². The molecule has 4 heterocycles. The molecule has 5 rings (SSSR count). The van der Waals surface area contributed by atoms with Crippen molar-refractivity contribution in [3.05, 3.63) is 54.0 Å². The van der Waals surface area contributed by atoms with Crippen LogP contribution in [-0.2, 0) is 11.3 Å². The van der Waals surface area contributed by atoms with Gasteiger partial charge in [0.15, 0.2) is 0 Å². The van der Waals surface area contributed by atoms with Crippen LogP contribution in [0.4, 0.5) is 5.82 Å². The van der Waals surface area contributed by atoms with Gasteiger partial charge in [-0.15, -0.1) is 5.10 Å². The van der Waals surface area contributed by atoms with E-state index in [0.717, 1.165) is 55.0 Å². The first-order chi connectivity index (χ1) is 15.1. The van der Waals surface area contributed by atoms with Gasteiger partial charge < -0.3 is 10.5 Å². The van der Waals surface area contributed by atoms with Crippen LogP contribution in [0, 0.1) is 18.8 Å². The number of nitrogen functional groups attached to an aromatic ring is 1. The van der Waals surface area contributed by atoms with E-state index >= 15 is 0 Å². The van der Waals surface area contributed by atoms with Crippen LogP contribution in [0.3, 0.4) is 0 Å². The van der Waals surface area contributed by atoms with E-state index in [1.165, 1.54) is 0 Å². The van der Waals surface area contributed by atoms with Gasteiger partial charge in [0.25, 0.3) is 0 Å². The molecule has 1 saturated carbocycles. The summed E-state index contributed by atoms with van der Waals surface area (Å²) in [5.74, 6) is 1.87. The van der Waals surface area contributed by atoms with Crippen molar-refractivity contribution >= 4 is 5.82 Å². The molecule has 0 bridgehead atoms. The molecule has 31 heavy (non-hydrogen) atoms. The summed E-state index contributed by atoms with van der Waals surface area (Å²) in [5, 5.41) is 8.85. The number of fused-ring (bicyclic) bond motifs is 1. The number of hydrogen-bond acceptors (Lipinski definition) is 7. The third-order valence-corrected chi connectivity index (χ3v) is 6.81. The van der Waals surface area contributed by atoms with Crippen LogP contribution >= 0.6 is 0 Å². The lowest BCUT2D eigenvalue weighted by Crippen LogP contribution is -2.37. The Bertz CT molecular complexity index is 1030. The van der Waals surface area contributed by atoms with Gasteiger partial charge >= 0.3 is 0 Å². The van der Waals surface area contributed by atoms with Crippen molar-refractivity contribution < 1.29 is 4.74 Å². The highest BCUT2D eigenvalue weighted by Gasteiger charge is 2.43. The lowest BCUT2D eigenvalue weighted by molar-refractivity contribution is -0.00545. The lowest BCUT2D eigenvalue weighted by atomic mass is 9.77. The van der Waals surface area contributed by atoms with Gasteiger partial charge in [-0.25, -0.2) is 9.67 Å². The van der Waals surface area contributed by atoms with E-state index in [9.17, 15) is 0 Å². The number of ether oxygens (including phenoxy) is 1. The summed E-state index contributed by atoms with van der Waals surface area (Å²) in [7, 11) is 1.81. The molecule has 0 amide bonds. The second kappa shape index (κ2) is 8.36. The summed E-state index contributed by atoms with van der Waals surface area (Å²) in [4.78, 5) is 11.2. The second-order valence-corrected chi connectivity index (χ2v) is 8.88. The number of likely N-dealkylation sites (tertiary alicyclic amines) is 1. The standard InChI is InChI=1S/C23H29N7O/c1-15-5-6-19(26-10-15)20-14-30(28-27-20)21-8-17-12-29(13-18(17)9-22(21)31-2)11-16-4-3-7-25-23(16)24/h3-7,10,14,17-18,21-22H,8-9,11-13H2,1-2H3,(H2,24,25)/t17-,18+,21-,22-/m1/s1.